The second-order valence-corrected chi connectivity index (χ2v) is 7.45. The van der Waals surface area contributed by atoms with Gasteiger partial charge >= 0.3 is 0 Å². The highest BCUT2D eigenvalue weighted by Crippen LogP contribution is 2.31. The molecule has 1 saturated heterocycles. The van der Waals surface area contributed by atoms with Gasteiger partial charge in [0.25, 0.3) is 0 Å². The molecule has 10 heteroatoms. The van der Waals surface area contributed by atoms with E-state index in [2.05, 4.69) is 21.6 Å². The molecule has 10 nitrogen and oxygen atoms in total. The summed E-state index contributed by atoms with van der Waals surface area (Å²) in [6.07, 6.45) is 8.36. The Kier molecular flexibility index (Phi) is 5.75. The average Bonchev–Trinajstić information content (AvgIpc) is 3.38. The third-order valence-corrected chi connectivity index (χ3v) is 5.52. The zero-order chi connectivity index (χ0) is 21.1. The number of methoxy groups -OCH3 is 1. The molecule has 0 aromatic carbocycles. The molecule has 0 radical (unpaired) electrons. The maximum absolute atomic E-state index is 11.8. The molecule has 3 aromatic rings. The normalized spacial score (nSPS) is 15.0. The van der Waals surface area contributed by atoms with Crippen LogP contribution in [0.4, 0.5) is 5.82 Å². The van der Waals surface area contributed by atoms with Crippen molar-refractivity contribution in [2.75, 3.05) is 32.5 Å². The number of anilines is 1. The van der Waals surface area contributed by atoms with Gasteiger partial charge in [-0.15, -0.1) is 0 Å². The number of ether oxygens (including phenoxy) is 1. The van der Waals surface area contributed by atoms with Gasteiger partial charge in [0.05, 0.1) is 24.7 Å². The Morgan fingerprint density at radius 3 is 2.90 bits per heavy atom. The lowest BCUT2D eigenvalue weighted by atomic mass is 9.97. The fraction of sp³-hybridized carbons (Fsp3) is 0.450. The van der Waals surface area contributed by atoms with E-state index in [0.717, 1.165) is 42.6 Å². The van der Waals surface area contributed by atoms with Crippen LogP contribution in [0.2, 0.25) is 0 Å². The minimum Gasteiger partial charge on any atom is -0.383 e. The standard InChI is InChI=1S/C20H26N8O2/c1-3-16(29)26-6-4-14(5-7-26)11-28-20-17(19(21)22-13-23-20)18(25-28)15-10-24-27(12-15)8-9-30-2/h3,10,12-14H,1,4-9,11H2,2H3,(H2,21,22,23). The van der Waals surface area contributed by atoms with Gasteiger partial charge in [0, 0.05) is 38.5 Å². The van der Waals surface area contributed by atoms with Gasteiger partial charge in [-0.05, 0) is 24.8 Å². The van der Waals surface area contributed by atoms with Crippen LogP contribution in [0.25, 0.3) is 22.3 Å². The predicted octanol–water partition coefficient (Wildman–Crippen LogP) is 1.34. The molecular weight excluding hydrogens is 384 g/mol. The van der Waals surface area contributed by atoms with Crippen molar-refractivity contribution in [3.63, 3.8) is 0 Å². The van der Waals surface area contributed by atoms with Gasteiger partial charge in [-0.3, -0.25) is 9.48 Å². The van der Waals surface area contributed by atoms with Gasteiger partial charge in [-0.1, -0.05) is 6.58 Å². The Labute approximate surface area is 174 Å². The molecule has 0 aliphatic carbocycles. The number of fused-ring (bicyclic) bond motifs is 1. The van der Waals surface area contributed by atoms with Crippen LogP contribution in [-0.2, 0) is 22.6 Å². The van der Waals surface area contributed by atoms with Crippen molar-refractivity contribution in [3.8, 4) is 11.3 Å². The molecule has 0 spiro atoms. The Morgan fingerprint density at radius 2 is 2.17 bits per heavy atom. The third kappa shape index (κ3) is 3.90. The molecule has 0 saturated carbocycles. The number of carbonyl (C=O) groups excluding carboxylic acids is 1. The van der Waals surface area contributed by atoms with Crippen molar-refractivity contribution < 1.29 is 9.53 Å². The minimum absolute atomic E-state index is 0.00808. The Hall–Kier alpha value is -3.27. The molecule has 30 heavy (non-hydrogen) atoms. The van der Waals surface area contributed by atoms with E-state index in [1.54, 1.807) is 13.3 Å². The molecule has 1 amide bonds. The van der Waals surface area contributed by atoms with Crippen LogP contribution >= 0.6 is 0 Å². The first-order valence-corrected chi connectivity index (χ1v) is 10.0. The number of likely N-dealkylation sites (tertiary alicyclic amines) is 1. The second kappa shape index (κ2) is 8.62. The summed E-state index contributed by atoms with van der Waals surface area (Å²) in [6.45, 7) is 6.97. The molecule has 0 unspecified atom stereocenters. The smallest absolute Gasteiger partial charge is 0.245 e. The summed E-state index contributed by atoms with van der Waals surface area (Å²) in [5, 5.41) is 9.95. The van der Waals surface area contributed by atoms with E-state index >= 15 is 0 Å². The summed E-state index contributed by atoms with van der Waals surface area (Å²) in [5.74, 6) is 0.791. The largest absolute Gasteiger partial charge is 0.383 e. The summed E-state index contributed by atoms with van der Waals surface area (Å²) in [5.41, 5.74) is 8.50. The van der Waals surface area contributed by atoms with E-state index in [4.69, 9.17) is 15.6 Å². The molecular formula is C20H26N8O2. The van der Waals surface area contributed by atoms with Crippen LogP contribution in [0.3, 0.4) is 0 Å². The summed E-state index contributed by atoms with van der Waals surface area (Å²) < 4.78 is 8.84. The predicted molar refractivity (Wildman–Crippen MR) is 112 cm³/mol. The number of nitrogen functional groups attached to an aromatic ring is 1. The Morgan fingerprint density at radius 1 is 1.37 bits per heavy atom. The minimum atomic E-state index is -0.00808. The lowest BCUT2D eigenvalue weighted by molar-refractivity contribution is -0.127. The fourth-order valence-electron chi connectivity index (χ4n) is 3.86. The van der Waals surface area contributed by atoms with Crippen LogP contribution in [-0.4, -0.2) is 67.1 Å². The molecule has 3 aromatic heterocycles. The van der Waals surface area contributed by atoms with E-state index in [1.807, 2.05) is 20.5 Å². The first-order valence-electron chi connectivity index (χ1n) is 10.0. The molecule has 0 bridgehead atoms. The van der Waals surface area contributed by atoms with Gasteiger partial charge in [0.2, 0.25) is 5.91 Å². The molecule has 2 N–H and O–H groups in total. The number of nitrogens with zero attached hydrogens (tertiary/aromatic N) is 7. The first-order chi connectivity index (χ1) is 14.6. The maximum Gasteiger partial charge on any atom is 0.245 e. The summed E-state index contributed by atoms with van der Waals surface area (Å²) in [6, 6.07) is 0. The molecule has 1 fully saturated rings. The number of hydrogen-bond acceptors (Lipinski definition) is 7. The van der Waals surface area contributed by atoms with Crippen LogP contribution < -0.4 is 5.73 Å². The van der Waals surface area contributed by atoms with Crippen molar-refractivity contribution in [2.45, 2.75) is 25.9 Å². The van der Waals surface area contributed by atoms with E-state index in [9.17, 15) is 4.79 Å². The number of rotatable bonds is 7. The average molecular weight is 410 g/mol. The number of aromatic nitrogens is 6. The zero-order valence-corrected chi connectivity index (χ0v) is 17.1. The van der Waals surface area contributed by atoms with Crippen molar-refractivity contribution in [1.29, 1.82) is 0 Å². The van der Waals surface area contributed by atoms with E-state index in [0.29, 0.717) is 37.1 Å². The van der Waals surface area contributed by atoms with Crippen LogP contribution in [0, 0.1) is 5.92 Å². The topological polar surface area (TPSA) is 117 Å². The molecule has 1 aliphatic heterocycles. The molecule has 0 atom stereocenters. The summed E-state index contributed by atoms with van der Waals surface area (Å²) in [4.78, 5) is 22.3. The van der Waals surface area contributed by atoms with E-state index in [-0.39, 0.29) is 5.91 Å². The molecule has 4 rings (SSSR count). The summed E-state index contributed by atoms with van der Waals surface area (Å²) >= 11 is 0. The van der Waals surface area contributed by atoms with E-state index < -0.39 is 0 Å². The van der Waals surface area contributed by atoms with Gasteiger partial charge < -0.3 is 15.4 Å². The SMILES string of the molecule is C=CC(=O)N1CCC(Cn2nc(-c3cnn(CCOC)c3)c3c(N)ncnc32)CC1. The molecule has 1 aliphatic rings. The highest BCUT2D eigenvalue weighted by atomic mass is 16.5. The molecule has 158 valence electrons. The fourth-order valence-corrected chi connectivity index (χ4v) is 3.86. The maximum atomic E-state index is 11.8. The third-order valence-electron chi connectivity index (χ3n) is 5.52. The van der Waals surface area contributed by atoms with Crippen LogP contribution in [0.15, 0.2) is 31.4 Å². The number of piperidine rings is 1. The van der Waals surface area contributed by atoms with Gasteiger partial charge in [-0.2, -0.15) is 10.2 Å². The van der Waals surface area contributed by atoms with Crippen molar-refractivity contribution in [2.24, 2.45) is 5.92 Å². The second-order valence-electron chi connectivity index (χ2n) is 7.45. The Balaban J connectivity index is 1.59. The van der Waals surface area contributed by atoms with Gasteiger partial charge in [0.15, 0.2) is 5.65 Å². The van der Waals surface area contributed by atoms with Crippen molar-refractivity contribution in [1.82, 2.24) is 34.4 Å². The number of nitrogens with two attached hydrogens (primary N) is 1. The summed E-state index contributed by atoms with van der Waals surface area (Å²) in [7, 11) is 1.66. The zero-order valence-electron chi connectivity index (χ0n) is 17.1. The Bertz CT molecular complexity index is 1050. The van der Waals surface area contributed by atoms with Crippen molar-refractivity contribution in [3.05, 3.63) is 31.4 Å². The number of hydrogen-bond donors (Lipinski definition) is 1. The quantitative estimate of drug-likeness (QED) is 0.584. The highest BCUT2D eigenvalue weighted by Gasteiger charge is 2.24. The van der Waals surface area contributed by atoms with Gasteiger partial charge in [0.1, 0.15) is 17.8 Å². The lowest BCUT2D eigenvalue weighted by Crippen LogP contribution is -2.38. The van der Waals surface area contributed by atoms with E-state index in [1.165, 1.54) is 12.4 Å². The van der Waals surface area contributed by atoms with Gasteiger partial charge in [-0.25, -0.2) is 14.6 Å². The lowest BCUT2D eigenvalue weighted by Gasteiger charge is -2.31. The highest BCUT2D eigenvalue weighted by molar-refractivity contribution is 5.98. The first kappa shape index (κ1) is 20.0. The van der Waals surface area contributed by atoms with Crippen LogP contribution in [0.5, 0.6) is 0 Å². The molecule has 4 heterocycles. The monoisotopic (exact) mass is 410 g/mol. The van der Waals surface area contributed by atoms with Crippen molar-refractivity contribution >= 4 is 22.8 Å². The number of amides is 1. The van der Waals surface area contributed by atoms with Crippen LogP contribution in [0.1, 0.15) is 12.8 Å². The number of carbonyl (C=O) groups is 1.